The molecule has 0 aliphatic carbocycles. The van der Waals surface area contributed by atoms with Gasteiger partial charge in [0.05, 0.1) is 0 Å². The van der Waals surface area contributed by atoms with Crippen molar-refractivity contribution in [1.82, 2.24) is 4.90 Å². The van der Waals surface area contributed by atoms with Gasteiger partial charge in [-0.2, -0.15) is 0 Å². The van der Waals surface area contributed by atoms with Gasteiger partial charge in [-0.3, -0.25) is 4.90 Å². The molecule has 0 saturated carbocycles. The van der Waals surface area contributed by atoms with Crippen molar-refractivity contribution in [3.05, 3.63) is 12.2 Å². The molecule has 0 aromatic carbocycles. The molecular weight excluding hydrogens is 184 g/mol. The van der Waals surface area contributed by atoms with Crippen LogP contribution in [-0.4, -0.2) is 30.6 Å². The van der Waals surface area contributed by atoms with Crippen molar-refractivity contribution in [2.24, 2.45) is 11.7 Å². The van der Waals surface area contributed by atoms with Gasteiger partial charge in [-0.1, -0.05) is 32.4 Å². The molecule has 0 spiro atoms. The summed E-state index contributed by atoms with van der Waals surface area (Å²) >= 11 is 0. The largest absolute Gasteiger partial charge is 0.329 e. The summed E-state index contributed by atoms with van der Waals surface area (Å²) in [5.41, 5.74) is 7.19. The molecule has 1 rings (SSSR count). The maximum absolute atomic E-state index is 5.86. The van der Waals surface area contributed by atoms with Gasteiger partial charge in [-0.15, -0.1) is 0 Å². The highest BCUT2D eigenvalue weighted by Gasteiger charge is 2.26. The summed E-state index contributed by atoms with van der Waals surface area (Å²) in [5.74, 6) is 0.893. The summed E-state index contributed by atoms with van der Waals surface area (Å²) < 4.78 is 0. The van der Waals surface area contributed by atoms with E-state index < -0.39 is 0 Å². The van der Waals surface area contributed by atoms with E-state index in [-0.39, 0.29) is 0 Å². The van der Waals surface area contributed by atoms with Crippen LogP contribution in [0.3, 0.4) is 0 Å². The Bertz CT molecular complexity index is 201. The van der Waals surface area contributed by atoms with Crippen molar-refractivity contribution in [2.45, 2.75) is 45.6 Å². The highest BCUT2D eigenvalue weighted by molar-refractivity contribution is 4.98. The third-order valence-electron chi connectivity index (χ3n) is 3.72. The molecule has 2 atom stereocenters. The monoisotopic (exact) mass is 210 g/mol. The van der Waals surface area contributed by atoms with Crippen LogP contribution in [0.15, 0.2) is 12.2 Å². The Morgan fingerprint density at radius 1 is 1.47 bits per heavy atom. The number of rotatable bonds is 5. The van der Waals surface area contributed by atoms with E-state index in [1.54, 1.807) is 0 Å². The van der Waals surface area contributed by atoms with Crippen LogP contribution in [0.5, 0.6) is 0 Å². The van der Waals surface area contributed by atoms with E-state index in [1.807, 2.05) is 0 Å². The Labute approximate surface area is 94.5 Å². The number of hydrogen-bond donors (Lipinski definition) is 1. The summed E-state index contributed by atoms with van der Waals surface area (Å²) in [7, 11) is 0. The standard InChI is InChI=1S/C13H26N2/c1-4-11(3)10-15-7-6-12(5-2)8-13(15)9-14/h12-13H,3-10,14H2,1-2H3. The summed E-state index contributed by atoms with van der Waals surface area (Å²) in [6.45, 7) is 11.6. The lowest BCUT2D eigenvalue weighted by Gasteiger charge is -2.39. The van der Waals surface area contributed by atoms with Crippen LogP contribution in [0, 0.1) is 5.92 Å². The topological polar surface area (TPSA) is 29.3 Å². The van der Waals surface area contributed by atoms with E-state index in [4.69, 9.17) is 5.73 Å². The molecule has 15 heavy (non-hydrogen) atoms. The van der Waals surface area contributed by atoms with Crippen molar-refractivity contribution >= 4 is 0 Å². The van der Waals surface area contributed by atoms with Crippen molar-refractivity contribution in [2.75, 3.05) is 19.6 Å². The predicted molar refractivity (Wildman–Crippen MR) is 66.9 cm³/mol. The molecule has 2 N–H and O–H groups in total. The number of likely N-dealkylation sites (tertiary alicyclic amines) is 1. The molecule has 1 fully saturated rings. The SMILES string of the molecule is C=C(CC)CN1CCC(CC)CC1CN. The smallest absolute Gasteiger partial charge is 0.0224 e. The number of nitrogens with zero attached hydrogens (tertiary/aromatic N) is 1. The molecule has 1 aliphatic rings. The molecule has 2 nitrogen and oxygen atoms in total. The number of piperidine rings is 1. The van der Waals surface area contributed by atoms with Crippen LogP contribution in [0.25, 0.3) is 0 Å². The van der Waals surface area contributed by atoms with Crippen molar-refractivity contribution in [3.63, 3.8) is 0 Å². The molecule has 0 bridgehead atoms. The van der Waals surface area contributed by atoms with E-state index >= 15 is 0 Å². The Balaban J connectivity index is 2.47. The van der Waals surface area contributed by atoms with Gasteiger partial charge in [0.15, 0.2) is 0 Å². The lowest BCUT2D eigenvalue weighted by molar-refractivity contribution is 0.124. The summed E-state index contributed by atoms with van der Waals surface area (Å²) in [6, 6.07) is 0.590. The maximum Gasteiger partial charge on any atom is 0.0224 e. The van der Waals surface area contributed by atoms with Crippen molar-refractivity contribution in [1.29, 1.82) is 0 Å². The van der Waals surface area contributed by atoms with Crippen LogP contribution in [0.2, 0.25) is 0 Å². The van der Waals surface area contributed by atoms with Gasteiger partial charge < -0.3 is 5.73 Å². The molecular formula is C13H26N2. The van der Waals surface area contributed by atoms with E-state index in [0.29, 0.717) is 6.04 Å². The van der Waals surface area contributed by atoms with Gasteiger partial charge in [0.25, 0.3) is 0 Å². The molecule has 0 aromatic rings. The first-order valence-electron chi connectivity index (χ1n) is 6.32. The zero-order valence-electron chi connectivity index (χ0n) is 10.3. The summed E-state index contributed by atoms with van der Waals surface area (Å²) in [5, 5.41) is 0. The summed E-state index contributed by atoms with van der Waals surface area (Å²) in [4.78, 5) is 2.53. The first-order chi connectivity index (χ1) is 7.21. The molecule has 2 unspecified atom stereocenters. The molecule has 0 radical (unpaired) electrons. The first kappa shape index (κ1) is 12.7. The van der Waals surface area contributed by atoms with Gasteiger partial charge in [0.2, 0.25) is 0 Å². The zero-order valence-corrected chi connectivity index (χ0v) is 10.3. The van der Waals surface area contributed by atoms with Crippen LogP contribution in [-0.2, 0) is 0 Å². The Morgan fingerprint density at radius 3 is 2.73 bits per heavy atom. The second kappa shape index (κ2) is 6.29. The Hall–Kier alpha value is -0.340. The minimum absolute atomic E-state index is 0.590. The minimum Gasteiger partial charge on any atom is -0.329 e. The molecule has 1 heterocycles. The number of nitrogens with two attached hydrogens (primary N) is 1. The molecule has 2 heteroatoms. The second-order valence-electron chi connectivity index (χ2n) is 4.76. The van der Waals surface area contributed by atoms with Gasteiger partial charge in [-0.05, 0) is 31.7 Å². The van der Waals surface area contributed by atoms with Gasteiger partial charge >= 0.3 is 0 Å². The van der Waals surface area contributed by atoms with Crippen LogP contribution < -0.4 is 5.73 Å². The maximum atomic E-state index is 5.86. The quantitative estimate of drug-likeness (QED) is 0.706. The minimum atomic E-state index is 0.590. The van der Waals surface area contributed by atoms with Gasteiger partial charge in [0, 0.05) is 19.1 Å². The fraction of sp³-hybridized carbons (Fsp3) is 0.846. The molecule has 1 saturated heterocycles. The Kier molecular flexibility index (Phi) is 5.34. The van der Waals surface area contributed by atoms with Crippen molar-refractivity contribution in [3.8, 4) is 0 Å². The zero-order chi connectivity index (χ0) is 11.3. The predicted octanol–water partition coefficient (Wildman–Crippen LogP) is 2.40. The molecule has 1 aliphatic heterocycles. The average Bonchev–Trinajstić information content (AvgIpc) is 2.29. The highest BCUT2D eigenvalue weighted by Crippen LogP contribution is 2.25. The lowest BCUT2D eigenvalue weighted by atomic mass is 9.88. The van der Waals surface area contributed by atoms with Gasteiger partial charge in [0.1, 0.15) is 0 Å². The van der Waals surface area contributed by atoms with Gasteiger partial charge in [-0.25, -0.2) is 0 Å². The normalized spacial score (nSPS) is 27.9. The second-order valence-corrected chi connectivity index (χ2v) is 4.76. The third kappa shape index (κ3) is 3.62. The van der Waals surface area contributed by atoms with Crippen molar-refractivity contribution < 1.29 is 0 Å². The van der Waals surface area contributed by atoms with E-state index in [2.05, 4.69) is 25.3 Å². The third-order valence-corrected chi connectivity index (χ3v) is 3.72. The molecule has 0 aromatic heterocycles. The average molecular weight is 210 g/mol. The fourth-order valence-electron chi connectivity index (χ4n) is 2.41. The Morgan fingerprint density at radius 2 is 2.20 bits per heavy atom. The van der Waals surface area contributed by atoms with E-state index in [0.717, 1.165) is 25.4 Å². The molecule has 0 amide bonds. The lowest BCUT2D eigenvalue weighted by Crippen LogP contribution is -2.47. The number of hydrogen-bond acceptors (Lipinski definition) is 2. The molecule has 88 valence electrons. The highest BCUT2D eigenvalue weighted by atomic mass is 15.2. The van der Waals surface area contributed by atoms with E-state index in [9.17, 15) is 0 Å². The summed E-state index contributed by atoms with van der Waals surface area (Å²) in [6.07, 6.45) is 5.01. The van der Waals surface area contributed by atoms with Crippen LogP contribution in [0.4, 0.5) is 0 Å². The van der Waals surface area contributed by atoms with E-state index in [1.165, 1.54) is 31.4 Å². The first-order valence-corrected chi connectivity index (χ1v) is 6.32. The van der Waals surface area contributed by atoms with Crippen LogP contribution >= 0.6 is 0 Å². The fourth-order valence-corrected chi connectivity index (χ4v) is 2.41. The van der Waals surface area contributed by atoms with Crippen LogP contribution in [0.1, 0.15) is 39.5 Å².